The summed E-state index contributed by atoms with van der Waals surface area (Å²) in [5.74, 6) is 0.578. The van der Waals surface area contributed by atoms with Gasteiger partial charge in [-0.1, -0.05) is 29.8 Å². The number of aryl methyl sites for hydroxylation is 1. The first-order valence-electron chi connectivity index (χ1n) is 8.99. The maximum atomic E-state index is 12.7. The second-order valence-electron chi connectivity index (χ2n) is 7.12. The minimum atomic E-state index is -0.452. The first-order valence-corrected chi connectivity index (χ1v) is 8.99. The van der Waals surface area contributed by atoms with Gasteiger partial charge in [0.15, 0.2) is 0 Å². The predicted molar refractivity (Wildman–Crippen MR) is 98.5 cm³/mol. The molecule has 5 heteroatoms. The second kappa shape index (κ2) is 6.48. The van der Waals surface area contributed by atoms with E-state index in [1.165, 1.54) is 0 Å². The lowest BCUT2D eigenvalue weighted by Crippen LogP contribution is -2.54. The summed E-state index contributed by atoms with van der Waals surface area (Å²) in [5, 5.41) is 2.98. The number of fused-ring (bicyclic) bond motifs is 1. The number of carbonyl (C=O) groups excluding carboxylic acids is 2. The van der Waals surface area contributed by atoms with Crippen molar-refractivity contribution in [3.63, 3.8) is 0 Å². The van der Waals surface area contributed by atoms with Crippen LogP contribution in [0.3, 0.4) is 0 Å². The number of nitrogens with zero attached hydrogens (tertiary/aromatic N) is 1. The zero-order valence-electron chi connectivity index (χ0n) is 14.8. The zero-order chi connectivity index (χ0) is 18.1. The van der Waals surface area contributed by atoms with Crippen molar-refractivity contribution in [3.8, 4) is 5.75 Å². The van der Waals surface area contributed by atoms with Crippen LogP contribution in [0.1, 0.15) is 39.1 Å². The lowest BCUT2D eigenvalue weighted by molar-refractivity contribution is 0.00771. The number of ether oxygens (including phenoxy) is 1. The number of nitrogens with one attached hydrogen (secondary N) is 1. The topological polar surface area (TPSA) is 58.6 Å². The van der Waals surface area contributed by atoms with Crippen molar-refractivity contribution in [2.75, 3.05) is 19.6 Å². The number of carbonyl (C=O) groups is 2. The highest BCUT2D eigenvalue weighted by Gasteiger charge is 2.40. The maximum Gasteiger partial charge on any atom is 0.255 e. The van der Waals surface area contributed by atoms with Crippen molar-refractivity contribution in [1.29, 1.82) is 0 Å². The van der Waals surface area contributed by atoms with Crippen molar-refractivity contribution < 1.29 is 14.3 Å². The molecule has 1 N–H and O–H groups in total. The molecule has 2 aliphatic heterocycles. The molecule has 2 heterocycles. The Morgan fingerprint density at radius 3 is 2.50 bits per heavy atom. The number of rotatable bonds is 1. The predicted octanol–water partition coefficient (Wildman–Crippen LogP) is 2.79. The number of amides is 2. The fourth-order valence-electron chi connectivity index (χ4n) is 3.62. The molecular formula is C21H22N2O3. The molecule has 134 valence electrons. The summed E-state index contributed by atoms with van der Waals surface area (Å²) in [5.41, 5.74) is 1.97. The quantitative estimate of drug-likeness (QED) is 0.860. The Morgan fingerprint density at radius 2 is 1.77 bits per heavy atom. The van der Waals surface area contributed by atoms with Crippen LogP contribution in [-0.4, -0.2) is 41.9 Å². The van der Waals surface area contributed by atoms with Crippen LogP contribution in [0.5, 0.6) is 5.75 Å². The van der Waals surface area contributed by atoms with Crippen molar-refractivity contribution in [2.45, 2.75) is 25.4 Å². The van der Waals surface area contributed by atoms with Gasteiger partial charge in [0.2, 0.25) is 0 Å². The largest absolute Gasteiger partial charge is 0.484 e. The van der Waals surface area contributed by atoms with Gasteiger partial charge in [0.1, 0.15) is 11.4 Å². The van der Waals surface area contributed by atoms with Crippen LogP contribution >= 0.6 is 0 Å². The fourth-order valence-corrected chi connectivity index (χ4v) is 3.62. The van der Waals surface area contributed by atoms with Gasteiger partial charge < -0.3 is 15.0 Å². The van der Waals surface area contributed by atoms with E-state index < -0.39 is 5.60 Å². The van der Waals surface area contributed by atoms with Gasteiger partial charge in [0.05, 0.1) is 12.1 Å². The average Bonchev–Trinajstić information content (AvgIpc) is 2.80. The first kappa shape index (κ1) is 16.6. The van der Waals surface area contributed by atoms with E-state index in [-0.39, 0.29) is 11.8 Å². The molecule has 26 heavy (non-hydrogen) atoms. The molecule has 0 unspecified atom stereocenters. The third-order valence-corrected chi connectivity index (χ3v) is 5.29. The first-order chi connectivity index (χ1) is 12.6. The van der Waals surface area contributed by atoms with Crippen molar-refractivity contribution in [3.05, 3.63) is 65.2 Å². The summed E-state index contributed by atoms with van der Waals surface area (Å²) in [6, 6.07) is 15.0. The molecule has 0 radical (unpaired) electrons. The van der Waals surface area contributed by atoms with E-state index in [0.29, 0.717) is 49.4 Å². The Hall–Kier alpha value is -2.82. The number of piperidine rings is 1. The molecular weight excluding hydrogens is 328 g/mol. The van der Waals surface area contributed by atoms with Gasteiger partial charge in [0.25, 0.3) is 11.8 Å². The summed E-state index contributed by atoms with van der Waals surface area (Å²) in [6.07, 6.45) is 1.39. The van der Waals surface area contributed by atoms with Crippen molar-refractivity contribution in [2.24, 2.45) is 0 Å². The summed E-state index contributed by atoms with van der Waals surface area (Å²) < 4.78 is 6.28. The highest BCUT2D eigenvalue weighted by molar-refractivity contribution is 5.97. The molecule has 5 nitrogen and oxygen atoms in total. The molecule has 2 aromatic rings. The number of likely N-dealkylation sites (tertiary alicyclic amines) is 1. The Morgan fingerprint density at radius 1 is 1.08 bits per heavy atom. The van der Waals surface area contributed by atoms with Crippen molar-refractivity contribution >= 4 is 11.8 Å². The number of benzene rings is 2. The third kappa shape index (κ3) is 3.05. The van der Waals surface area contributed by atoms with Crippen LogP contribution in [-0.2, 0) is 0 Å². The SMILES string of the molecule is Cc1ccc(C(=O)N2CCC3(CC2)CNC(=O)c2ccccc2O3)cc1. The Bertz CT molecular complexity index is 837. The van der Waals surface area contributed by atoms with Gasteiger partial charge in [-0.2, -0.15) is 0 Å². The van der Waals surface area contributed by atoms with Gasteiger partial charge >= 0.3 is 0 Å². The zero-order valence-corrected chi connectivity index (χ0v) is 14.8. The van der Waals surface area contributed by atoms with Crippen LogP contribution in [0.2, 0.25) is 0 Å². The summed E-state index contributed by atoms with van der Waals surface area (Å²) >= 11 is 0. The van der Waals surface area contributed by atoms with Crippen LogP contribution in [0.25, 0.3) is 0 Å². The standard InChI is InChI=1S/C21H22N2O3/c1-15-6-8-16(9-7-15)20(25)23-12-10-21(11-13-23)14-22-19(24)17-4-2-3-5-18(17)26-21/h2-9H,10-14H2,1H3,(H,22,24). The molecule has 0 saturated carbocycles. The lowest BCUT2D eigenvalue weighted by Gasteiger charge is -2.41. The highest BCUT2D eigenvalue weighted by Crippen LogP contribution is 2.33. The van der Waals surface area contributed by atoms with E-state index in [0.717, 1.165) is 5.56 Å². The van der Waals surface area contributed by atoms with Crippen LogP contribution in [0.15, 0.2) is 48.5 Å². The van der Waals surface area contributed by atoms with E-state index >= 15 is 0 Å². The molecule has 1 spiro atoms. The van der Waals surface area contributed by atoms with Gasteiger partial charge in [-0.3, -0.25) is 9.59 Å². The molecule has 2 amide bonds. The minimum Gasteiger partial charge on any atom is -0.484 e. The van der Waals surface area contributed by atoms with Gasteiger partial charge in [-0.25, -0.2) is 0 Å². The van der Waals surface area contributed by atoms with Gasteiger partial charge in [-0.05, 0) is 31.2 Å². The lowest BCUT2D eigenvalue weighted by atomic mass is 9.90. The Kier molecular flexibility index (Phi) is 4.15. The molecule has 2 aromatic carbocycles. The van der Waals surface area contributed by atoms with Crippen LogP contribution in [0.4, 0.5) is 0 Å². The van der Waals surface area contributed by atoms with Gasteiger partial charge in [0, 0.05) is 31.5 Å². The van der Waals surface area contributed by atoms with E-state index in [9.17, 15) is 9.59 Å². The third-order valence-electron chi connectivity index (χ3n) is 5.29. The Balaban J connectivity index is 1.48. The highest BCUT2D eigenvalue weighted by atomic mass is 16.5. The summed E-state index contributed by atoms with van der Waals surface area (Å²) in [7, 11) is 0. The normalized spacial score (nSPS) is 18.5. The van der Waals surface area contributed by atoms with E-state index in [2.05, 4.69) is 5.32 Å². The second-order valence-corrected chi connectivity index (χ2v) is 7.12. The monoisotopic (exact) mass is 350 g/mol. The molecule has 0 aromatic heterocycles. The number of para-hydroxylation sites is 1. The molecule has 2 aliphatic rings. The van der Waals surface area contributed by atoms with Crippen LogP contribution < -0.4 is 10.1 Å². The van der Waals surface area contributed by atoms with E-state index in [1.807, 2.05) is 54.3 Å². The molecule has 1 saturated heterocycles. The smallest absolute Gasteiger partial charge is 0.255 e. The summed E-state index contributed by atoms with van der Waals surface area (Å²) in [4.78, 5) is 26.8. The Labute approximate surface area is 153 Å². The number of hydrogen-bond donors (Lipinski definition) is 1. The average molecular weight is 350 g/mol. The van der Waals surface area contributed by atoms with E-state index in [1.54, 1.807) is 6.07 Å². The molecule has 1 fully saturated rings. The minimum absolute atomic E-state index is 0.0536. The maximum absolute atomic E-state index is 12.7. The molecule has 4 rings (SSSR count). The molecule has 0 atom stereocenters. The van der Waals surface area contributed by atoms with Crippen molar-refractivity contribution in [1.82, 2.24) is 10.2 Å². The van der Waals surface area contributed by atoms with E-state index in [4.69, 9.17) is 4.74 Å². The van der Waals surface area contributed by atoms with Gasteiger partial charge in [-0.15, -0.1) is 0 Å². The summed E-state index contributed by atoms with van der Waals surface area (Å²) in [6.45, 7) is 3.71. The van der Waals surface area contributed by atoms with Crippen LogP contribution in [0, 0.1) is 6.92 Å². The molecule has 0 aliphatic carbocycles. The number of hydrogen-bond acceptors (Lipinski definition) is 3. The molecule has 0 bridgehead atoms. The fraction of sp³-hybridized carbons (Fsp3) is 0.333.